The Hall–Kier alpha value is -3.19. The molecule has 142 valence electrons. The van der Waals surface area contributed by atoms with Crippen LogP contribution in [0.4, 0.5) is 4.39 Å². The number of hydrogen-bond donors (Lipinski definition) is 1. The second kappa shape index (κ2) is 7.82. The number of carbonyl (C=O) groups is 1. The van der Waals surface area contributed by atoms with Gasteiger partial charge in [0.2, 0.25) is 5.91 Å². The van der Waals surface area contributed by atoms with E-state index in [0.717, 1.165) is 10.4 Å². The predicted octanol–water partition coefficient (Wildman–Crippen LogP) is 4.09. The zero-order chi connectivity index (χ0) is 19.5. The molecule has 0 unspecified atom stereocenters. The molecule has 0 aliphatic carbocycles. The largest absolute Gasteiger partial charge is 0.419 e. The van der Waals surface area contributed by atoms with Crippen molar-refractivity contribution in [2.75, 3.05) is 0 Å². The van der Waals surface area contributed by atoms with Crippen LogP contribution in [0.1, 0.15) is 22.9 Å². The van der Waals surface area contributed by atoms with E-state index in [0.29, 0.717) is 11.1 Å². The molecule has 0 spiro atoms. The smallest absolute Gasteiger partial charge is 0.408 e. The van der Waals surface area contributed by atoms with Gasteiger partial charge in [0.25, 0.3) is 0 Å². The highest BCUT2D eigenvalue weighted by atomic mass is 32.1. The Labute approximate surface area is 164 Å². The van der Waals surface area contributed by atoms with Crippen molar-refractivity contribution in [2.24, 2.45) is 0 Å². The van der Waals surface area contributed by atoms with Crippen LogP contribution in [0.25, 0.3) is 11.1 Å². The summed E-state index contributed by atoms with van der Waals surface area (Å²) in [6.45, 7) is 0.211. The fourth-order valence-corrected chi connectivity index (χ4v) is 3.90. The first kappa shape index (κ1) is 18.2. The van der Waals surface area contributed by atoms with Crippen molar-refractivity contribution >= 4 is 28.3 Å². The standard InChI is InChI=1S/C21H17FN2O3S/c22-15-9-7-14(8-10-15)20(18-6-3-13-28-18)23-19(25)11-12-24-16-4-1-2-5-17(16)27-21(24)26/h1-10,13,20H,11-12H2,(H,23,25)/t20-/m0/s1. The molecule has 1 atom stereocenters. The number of fused-ring (bicyclic) bond motifs is 1. The van der Waals surface area contributed by atoms with Crippen LogP contribution in [0.15, 0.2) is 75.3 Å². The van der Waals surface area contributed by atoms with Gasteiger partial charge in [0.15, 0.2) is 5.58 Å². The maximum Gasteiger partial charge on any atom is 0.419 e. The highest BCUT2D eigenvalue weighted by Gasteiger charge is 2.18. The van der Waals surface area contributed by atoms with E-state index < -0.39 is 5.76 Å². The van der Waals surface area contributed by atoms with E-state index in [1.807, 2.05) is 23.6 Å². The summed E-state index contributed by atoms with van der Waals surface area (Å²) in [5, 5.41) is 4.91. The zero-order valence-corrected chi connectivity index (χ0v) is 15.6. The Balaban J connectivity index is 1.51. The quantitative estimate of drug-likeness (QED) is 0.534. The number of benzene rings is 2. The molecule has 28 heavy (non-hydrogen) atoms. The summed E-state index contributed by atoms with van der Waals surface area (Å²) in [6, 6.07) is 16.6. The van der Waals surface area contributed by atoms with Gasteiger partial charge in [0.05, 0.1) is 11.6 Å². The minimum absolute atomic E-state index is 0.118. The molecule has 1 amide bonds. The van der Waals surface area contributed by atoms with Crippen LogP contribution in [0.5, 0.6) is 0 Å². The summed E-state index contributed by atoms with van der Waals surface area (Å²) < 4.78 is 19.9. The second-order valence-electron chi connectivity index (χ2n) is 6.30. The Bertz CT molecular complexity index is 1150. The van der Waals surface area contributed by atoms with Gasteiger partial charge in [-0.1, -0.05) is 30.3 Å². The summed E-state index contributed by atoms with van der Waals surface area (Å²) in [5.41, 5.74) is 1.95. The lowest BCUT2D eigenvalue weighted by Gasteiger charge is -2.18. The molecule has 0 saturated carbocycles. The topological polar surface area (TPSA) is 64.2 Å². The molecule has 0 fully saturated rings. The molecule has 2 aromatic heterocycles. The Morgan fingerprint density at radius 1 is 1.11 bits per heavy atom. The molecule has 1 N–H and O–H groups in total. The van der Waals surface area contributed by atoms with E-state index in [1.54, 1.807) is 30.3 Å². The Morgan fingerprint density at radius 2 is 1.89 bits per heavy atom. The number of halogens is 1. The lowest BCUT2D eigenvalue weighted by atomic mass is 10.1. The van der Waals surface area contributed by atoms with E-state index in [1.165, 1.54) is 28.0 Å². The Kier molecular flexibility index (Phi) is 5.08. The molecule has 2 aromatic carbocycles. The summed E-state index contributed by atoms with van der Waals surface area (Å²) >= 11 is 1.51. The maximum atomic E-state index is 13.3. The number of aromatic nitrogens is 1. The number of carbonyl (C=O) groups excluding carboxylic acids is 1. The third-order valence-corrected chi connectivity index (χ3v) is 5.41. The number of aryl methyl sites for hydroxylation is 1. The number of nitrogens with zero attached hydrogens (tertiary/aromatic N) is 1. The first-order valence-electron chi connectivity index (χ1n) is 8.78. The Morgan fingerprint density at radius 3 is 2.64 bits per heavy atom. The first-order chi connectivity index (χ1) is 13.6. The zero-order valence-electron chi connectivity index (χ0n) is 14.8. The number of nitrogens with one attached hydrogen (secondary N) is 1. The first-order valence-corrected chi connectivity index (χ1v) is 9.66. The third-order valence-electron chi connectivity index (χ3n) is 4.47. The average molecular weight is 396 g/mol. The van der Waals surface area contributed by atoms with Crippen LogP contribution in [-0.2, 0) is 11.3 Å². The van der Waals surface area contributed by atoms with Gasteiger partial charge in [0.1, 0.15) is 5.82 Å². The minimum atomic E-state index is -0.484. The SMILES string of the molecule is O=C(CCn1c(=O)oc2ccccc21)N[C@@H](c1ccc(F)cc1)c1cccs1. The molecule has 4 aromatic rings. The third kappa shape index (κ3) is 3.75. The van der Waals surface area contributed by atoms with Crippen LogP contribution < -0.4 is 11.1 Å². The van der Waals surface area contributed by atoms with Gasteiger partial charge in [-0.2, -0.15) is 0 Å². The molecule has 0 aliphatic heterocycles. The second-order valence-corrected chi connectivity index (χ2v) is 7.28. The van der Waals surface area contributed by atoms with Gasteiger partial charge in [-0.3, -0.25) is 9.36 Å². The van der Waals surface area contributed by atoms with Crippen molar-refractivity contribution in [3.63, 3.8) is 0 Å². The van der Waals surface area contributed by atoms with Crippen molar-refractivity contribution in [3.8, 4) is 0 Å². The number of thiophene rings is 1. The van der Waals surface area contributed by atoms with Crippen LogP contribution in [0.3, 0.4) is 0 Å². The molecule has 5 nitrogen and oxygen atoms in total. The summed E-state index contributed by atoms with van der Waals surface area (Å²) in [7, 11) is 0. The lowest BCUT2D eigenvalue weighted by molar-refractivity contribution is -0.121. The van der Waals surface area contributed by atoms with Gasteiger partial charge < -0.3 is 9.73 Å². The summed E-state index contributed by atoms with van der Waals surface area (Å²) in [6.07, 6.45) is 0.118. The van der Waals surface area contributed by atoms with E-state index in [-0.39, 0.29) is 30.7 Å². The minimum Gasteiger partial charge on any atom is -0.408 e. The van der Waals surface area contributed by atoms with Gasteiger partial charge in [-0.25, -0.2) is 9.18 Å². The van der Waals surface area contributed by atoms with E-state index >= 15 is 0 Å². The molecule has 4 rings (SSSR count). The van der Waals surface area contributed by atoms with Gasteiger partial charge >= 0.3 is 5.76 Å². The van der Waals surface area contributed by atoms with Crippen molar-refractivity contribution in [1.29, 1.82) is 0 Å². The molecule has 2 heterocycles. The van der Waals surface area contributed by atoms with Crippen molar-refractivity contribution in [1.82, 2.24) is 9.88 Å². The fourth-order valence-electron chi connectivity index (χ4n) is 3.10. The molecular weight excluding hydrogens is 379 g/mol. The van der Waals surface area contributed by atoms with Gasteiger partial charge in [0, 0.05) is 17.8 Å². The molecule has 0 bridgehead atoms. The number of oxazole rings is 1. The maximum absolute atomic E-state index is 13.3. The van der Waals surface area contributed by atoms with Crippen LogP contribution in [0.2, 0.25) is 0 Å². The molecular formula is C21H17FN2O3S. The summed E-state index contributed by atoms with van der Waals surface area (Å²) in [5.74, 6) is -1.02. The van der Waals surface area contributed by atoms with Gasteiger partial charge in [-0.05, 0) is 41.3 Å². The monoisotopic (exact) mass is 396 g/mol. The normalized spacial score (nSPS) is 12.2. The highest BCUT2D eigenvalue weighted by molar-refractivity contribution is 7.10. The van der Waals surface area contributed by atoms with Crippen molar-refractivity contribution in [2.45, 2.75) is 19.0 Å². The molecule has 0 aliphatic rings. The average Bonchev–Trinajstić information content (AvgIpc) is 3.33. The lowest BCUT2D eigenvalue weighted by Crippen LogP contribution is -2.30. The number of rotatable bonds is 6. The number of para-hydroxylation sites is 2. The highest BCUT2D eigenvalue weighted by Crippen LogP contribution is 2.26. The van der Waals surface area contributed by atoms with E-state index in [4.69, 9.17) is 4.42 Å². The van der Waals surface area contributed by atoms with Crippen LogP contribution >= 0.6 is 11.3 Å². The van der Waals surface area contributed by atoms with Crippen molar-refractivity contribution in [3.05, 3.63) is 92.9 Å². The molecule has 0 saturated heterocycles. The van der Waals surface area contributed by atoms with Crippen LogP contribution in [0, 0.1) is 5.82 Å². The summed E-state index contributed by atoms with van der Waals surface area (Å²) in [4.78, 5) is 25.6. The fraction of sp³-hybridized carbons (Fsp3) is 0.143. The predicted molar refractivity (Wildman–Crippen MR) is 106 cm³/mol. The van der Waals surface area contributed by atoms with E-state index in [9.17, 15) is 14.0 Å². The number of amides is 1. The molecule has 0 radical (unpaired) electrons. The molecule has 7 heteroatoms. The van der Waals surface area contributed by atoms with Gasteiger partial charge in [-0.15, -0.1) is 11.3 Å². The van der Waals surface area contributed by atoms with Crippen molar-refractivity contribution < 1.29 is 13.6 Å². The van der Waals surface area contributed by atoms with Crippen LogP contribution in [-0.4, -0.2) is 10.5 Å². The van der Waals surface area contributed by atoms with E-state index in [2.05, 4.69) is 5.32 Å². The number of hydrogen-bond acceptors (Lipinski definition) is 4.